The van der Waals surface area contributed by atoms with E-state index in [1.54, 1.807) is 6.33 Å². The van der Waals surface area contributed by atoms with Crippen LogP contribution in [-0.2, 0) is 6.54 Å². The predicted molar refractivity (Wildman–Crippen MR) is 68.6 cm³/mol. The zero-order valence-electron chi connectivity index (χ0n) is 10.2. The molecule has 2 aromatic rings. The summed E-state index contributed by atoms with van der Waals surface area (Å²) in [4.78, 5) is 8.80. The summed E-state index contributed by atoms with van der Waals surface area (Å²) in [6.07, 6.45) is 1.78. The monoisotopic (exact) mass is 250 g/mol. The van der Waals surface area contributed by atoms with E-state index in [9.17, 15) is 0 Å². The van der Waals surface area contributed by atoms with Gasteiger partial charge in [0, 0.05) is 12.2 Å². The standard InChI is InChI=1S/C12H15ClN4/c1-8-9(2)17(7-15-8)12-5-4-10(13)11(16-12)6-14-3/h4-5,7,14H,6H2,1-3H3. The molecule has 0 saturated carbocycles. The normalized spacial score (nSPS) is 10.8. The maximum atomic E-state index is 6.08. The molecule has 0 bridgehead atoms. The summed E-state index contributed by atoms with van der Waals surface area (Å²) in [5.41, 5.74) is 2.95. The number of halogens is 1. The zero-order valence-corrected chi connectivity index (χ0v) is 10.9. The SMILES string of the molecule is CNCc1nc(-n2cnc(C)c2C)ccc1Cl. The second-order valence-corrected chi connectivity index (χ2v) is 4.32. The van der Waals surface area contributed by atoms with Crippen LogP contribution in [-0.4, -0.2) is 21.6 Å². The van der Waals surface area contributed by atoms with Crippen molar-refractivity contribution in [3.8, 4) is 5.82 Å². The maximum absolute atomic E-state index is 6.08. The Balaban J connectivity index is 2.46. The van der Waals surface area contributed by atoms with Gasteiger partial charge in [0.15, 0.2) is 0 Å². The number of aryl methyl sites for hydroxylation is 1. The summed E-state index contributed by atoms with van der Waals surface area (Å²) in [7, 11) is 1.87. The smallest absolute Gasteiger partial charge is 0.138 e. The molecule has 0 aromatic carbocycles. The van der Waals surface area contributed by atoms with E-state index in [1.165, 1.54) is 0 Å². The molecule has 0 aliphatic heterocycles. The topological polar surface area (TPSA) is 42.7 Å². The average molecular weight is 251 g/mol. The van der Waals surface area contributed by atoms with E-state index in [0.29, 0.717) is 11.6 Å². The van der Waals surface area contributed by atoms with Crippen molar-refractivity contribution in [3.63, 3.8) is 0 Å². The van der Waals surface area contributed by atoms with Gasteiger partial charge in [0.2, 0.25) is 0 Å². The van der Waals surface area contributed by atoms with E-state index >= 15 is 0 Å². The number of nitrogens with one attached hydrogen (secondary N) is 1. The average Bonchev–Trinajstić information content (AvgIpc) is 2.64. The Morgan fingerprint density at radius 2 is 2.12 bits per heavy atom. The molecule has 17 heavy (non-hydrogen) atoms. The first kappa shape index (κ1) is 12.1. The molecule has 0 saturated heterocycles. The molecule has 5 heteroatoms. The molecule has 90 valence electrons. The van der Waals surface area contributed by atoms with Gasteiger partial charge in [-0.2, -0.15) is 0 Å². The van der Waals surface area contributed by atoms with Gasteiger partial charge in [-0.25, -0.2) is 9.97 Å². The fourth-order valence-electron chi connectivity index (χ4n) is 1.63. The number of aromatic nitrogens is 3. The molecular formula is C12H15ClN4. The van der Waals surface area contributed by atoms with Gasteiger partial charge in [0.25, 0.3) is 0 Å². The number of nitrogens with zero attached hydrogens (tertiary/aromatic N) is 3. The van der Waals surface area contributed by atoms with Crippen molar-refractivity contribution < 1.29 is 0 Å². The minimum absolute atomic E-state index is 0.652. The molecule has 0 aliphatic carbocycles. The molecule has 0 spiro atoms. The van der Waals surface area contributed by atoms with E-state index in [0.717, 1.165) is 22.9 Å². The second-order valence-electron chi connectivity index (χ2n) is 3.91. The van der Waals surface area contributed by atoms with Crippen LogP contribution in [0.5, 0.6) is 0 Å². The van der Waals surface area contributed by atoms with Crippen LogP contribution in [0.3, 0.4) is 0 Å². The van der Waals surface area contributed by atoms with Gasteiger partial charge in [0.05, 0.1) is 16.4 Å². The molecule has 2 heterocycles. The Labute approximate surface area is 106 Å². The van der Waals surface area contributed by atoms with Crippen LogP contribution in [0.2, 0.25) is 5.02 Å². The molecule has 0 aliphatic rings. The summed E-state index contributed by atoms with van der Waals surface area (Å²) < 4.78 is 1.96. The Kier molecular flexibility index (Phi) is 3.45. The third-order valence-corrected chi connectivity index (χ3v) is 3.09. The van der Waals surface area contributed by atoms with Crippen molar-refractivity contribution in [2.24, 2.45) is 0 Å². The highest BCUT2D eigenvalue weighted by molar-refractivity contribution is 6.31. The third-order valence-electron chi connectivity index (χ3n) is 2.75. The van der Waals surface area contributed by atoms with E-state index in [-0.39, 0.29) is 0 Å². The first-order chi connectivity index (χ1) is 8.13. The second kappa shape index (κ2) is 4.85. The lowest BCUT2D eigenvalue weighted by molar-refractivity contribution is 0.782. The van der Waals surface area contributed by atoms with Crippen LogP contribution in [0.4, 0.5) is 0 Å². The van der Waals surface area contributed by atoms with E-state index in [1.807, 2.05) is 37.6 Å². The van der Waals surface area contributed by atoms with Crippen molar-refractivity contribution in [2.45, 2.75) is 20.4 Å². The highest BCUT2D eigenvalue weighted by atomic mass is 35.5. The van der Waals surface area contributed by atoms with Gasteiger partial charge in [-0.15, -0.1) is 0 Å². The molecule has 1 N–H and O–H groups in total. The molecule has 2 rings (SSSR count). The van der Waals surface area contributed by atoms with Crippen LogP contribution >= 0.6 is 11.6 Å². The van der Waals surface area contributed by atoms with Gasteiger partial charge in [-0.05, 0) is 33.0 Å². The number of pyridine rings is 1. The fourth-order valence-corrected chi connectivity index (χ4v) is 1.80. The lowest BCUT2D eigenvalue weighted by Gasteiger charge is -2.08. The third kappa shape index (κ3) is 2.33. The van der Waals surface area contributed by atoms with E-state index in [4.69, 9.17) is 11.6 Å². The van der Waals surface area contributed by atoms with Gasteiger partial charge in [0.1, 0.15) is 12.1 Å². The van der Waals surface area contributed by atoms with Crippen LogP contribution < -0.4 is 5.32 Å². The Morgan fingerprint density at radius 1 is 1.35 bits per heavy atom. The lowest BCUT2D eigenvalue weighted by Crippen LogP contribution is -2.09. The summed E-state index contributed by atoms with van der Waals surface area (Å²) in [6, 6.07) is 3.76. The first-order valence-electron chi connectivity index (χ1n) is 5.44. The molecule has 0 atom stereocenters. The zero-order chi connectivity index (χ0) is 12.4. The van der Waals surface area contributed by atoms with Crippen LogP contribution in [0.25, 0.3) is 5.82 Å². The highest BCUT2D eigenvalue weighted by Crippen LogP contribution is 2.18. The molecule has 0 amide bonds. The molecule has 0 unspecified atom stereocenters. The van der Waals surface area contributed by atoms with Gasteiger partial charge >= 0.3 is 0 Å². The Bertz CT molecular complexity index is 533. The Hall–Kier alpha value is -1.39. The molecular weight excluding hydrogens is 236 g/mol. The minimum atomic E-state index is 0.652. The van der Waals surface area contributed by atoms with Gasteiger partial charge < -0.3 is 5.32 Å². The molecule has 0 fully saturated rings. The lowest BCUT2D eigenvalue weighted by atomic mass is 10.3. The van der Waals surface area contributed by atoms with E-state index in [2.05, 4.69) is 15.3 Å². The van der Waals surface area contributed by atoms with Crippen molar-refractivity contribution >= 4 is 11.6 Å². The van der Waals surface area contributed by atoms with Crippen molar-refractivity contribution in [1.82, 2.24) is 19.9 Å². The van der Waals surface area contributed by atoms with Crippen molar-refractivity contribution in [3.05, 3.63) is 40.6 Å². The van der Waals surface area contributed by atoms with E-state index < -0.39 is 0 Å². The predicted octanol–water partition coefficient (Wildman–Crippen LogP) is 2.26. The van der Waals surface area contributed by atoms with Crippen LogP contribution in [0, 0.1) is 13.8 Å². The number of rotatable bonds is 3. The van der Waals surface area contributed by atoms with Crippen LogP contribution in [0.15, 0.2) is 18.5 Å². The number of hydrogen-bond acceptors (Lipinski definition) is 3. The summed E-state index contributed by atoms with van der Waals surface area (Å²) in [5, 5.41) is 3.73. The Morgan fingerprint density at radius 3 is 2.71 bits per heavy atom. The number of imidazole rings is 1. The summed E-state index contributed by atoms with van der Waals surface area (Å²) in [5.74, 6) is 0.845. The largest absolute Gasteiger partial charge is 0.314 e. The summed E-state index contributed by atoms with van der Waals surface area (Å²) >= 11 is 6.08. The molecule has 0 radical (unpaired) electrons. The quantitative estimate of drug-likeness (QED) is 0.909. The molecule has 4 nitrogen and oxygen atoms in total. The number of hydrogen-bond donors (Lipinski definition) is 1. The van der Waals surface area contributed by atoms with Crippen LogP contribution in [0.1, 0.15) is 17.1 Å². The van der Waals surface area contributed by atoms with Crippen molar-refractivity contribution in [1.29, 1.82) is 0 Å². The highest BCUT2D eigenvalue weighted by Gasteiger charge is 2.08. The minimum Gasteiger partial charge on any atom is -0.314 e. The first-order valence-corrected chi connectivity index (χ1v) is 5.82. The summed E-state index contributed by atoms with van der Waals surface area (Å²) in [6.45, 7) is 4.66. The van der Waals surface area contributed by atoms with Gasteiger partial charge in [-0.1, -0.05) is 11.6 Å². The van der Waals surface area contributed by atoms with Gasteiger partial charge in [-0.3, -0.25) is 4.57 Å². The maximum Gasteiger partial charge on any atom is 0.138 e. The molecule has 2 aromatic heterocycles. The van der Waals surface area contributed by atoms with Crippen molar-refractivity contribution in [2.75, 3.05) is 7.05 Å². The fraction of sp³-hybridized carbons (Fsp3) is 0.333.